The van der Waals surface area contributed by atoms with E-state index in [9.17, 15) is 4.79 Å². The van der Waals surface area contributed by atoms with Crippen LogP contribution >= 0.6 is 0 Å². The van der Waals surface area contributed by atoms with Crippen LogP contribution in [0.3, 0.4) is 0 Å². The van der Waals surface area contributed by atoms with Gasteiger partial charge in [0.15, 0.2) is 0 Å². The number of hydrogen-bond donors (Lipinski definition) is 1. The van der Waals surface area contributed by atoms with E-state index in [1.807, 2.05) is 0 Å². The lowest BCUT2D eigenvalue weighted by Gasteiger charge is -1.92. The second-order valence-corrected chi connectivity index (χ2v) is 1.87. The number of nitrogens with zero attached hydrogens (tertiary/aromatic N) is 3. The van der Waals surface area contributed by atoms with E-state index in [-0.39, 0.29) is 0 Å². The van der Waals surface area contributed by atoms with Crippen LogP contribution in [0, 0.1) is 6.92 Å². The maximum atomic E-state index is 9.94. The Morgan fingerprint density at radius 2 is 2.40 bits per heavy atom. The fourth-order valence-electron chi connectivity index (χ4n) is 0.691. The molecule has 0 bridgehead atoms. The Hall–Kier alpha value is -1.39. The summed E-state index contributed by atoms with van der Waals surface area (Å²) in [6, 6.07) is 0. The van der Waals surface area contributed by atoms with Crippen molar-refractivity contribution in [2.45, 2.75) is 6.92 Å². The minimum absolute atomic E-state index is 0.465. The maximum absolute atomic E-state index is 9.94. The third-order valence-corrected chi connectivity index (χ3v) is 1.06. The third kappa shape index (κ3) is 1.12. The standard InChI is InChI=1S/C5H8N4O/c1-4-7-5(6-3-10)9(2)8-4/h3H,1-2H3,(H,6,7,8,10). The van der Waals surface area contributed by atoms with Crippen LogP contribution in [0.15, 0.2) is 0 Å². The van der Waals surface area contributed by atoms with E-state index in [1.54, 1.807) is 14.0 Å². The average Bonchev–Trinajstić information content (AvgIpc) is 2.13. The molecule has 0 saturated carbocycles. The van der Waals surface area contributed by atoms with Crippen molar-refractivity contribution in [1.29, 1.82) is 0 Å². The molecule has 54 valence electrons. The number of anilines is 1. The fraction of sp³-hybridized carbons (Fsp3) is 0.400. The minimum Gasteiger partial charge on any atom is -0.297 e. The van der Waals surface area contributed by atoms with Crippen LogP contribution in [0.5, 0.6) is 0 Å². The van der Waals surface area contributed by atoms with E-state index in [4.69, 9.17) is 0 Å². The highest BCUT2D eigenvalue weighted by Crippen LogP contribution is 1.98. The van der Waals surface area contributed by atoms with Gasteiger partial charge < -0.3 is 0 Å². The highest BCUT2D eigenvalue weighted by atomic mass is 16.1. The summed E-state index contributed by atoms with van der Waals surface area (Å²) in [5.41, 5.74) is 0. The van der Waals surface area contributed by atoms with Gasteiger partial charge in [0, 0.05) is 7.05 Å². The molecule has 0 aliphatic heterocycles. The first-order valence-corrected chi connectivity index (χ1v) is 2.82. The predicted octanol–water partition coefficient (Wildman–Crippen LogP) is -0.308. The van der Waals surface area contributed by atoms with Crippen LogP contribution in [0.25, 0.3) is 0 Å². The van der Waals surface area contributed by atoms with Gasteiger partial charge in [0.1, 0.15) is 5.82 Å². The molecule has 10 heavy (non-hydrogen) atoms. The summed E-state index contributed by atoms with van der Waals surface area (Å²) in [6.45, 7) is 1.76. The Bertz CT molecular complexity index is 242. The summed E-state index contributed by atoms with van der Waals surface area (Å²) in [5.74, 6) is 1.11. The molecular weight excluding hydrogens is 132 g/mol. The van der Waals surface area contributed by atoms with Gasteiger partial charge in [-0.1, -0.05) is 0 Å². The largest absolute Gasteiger partial charge is 0.297 e. The maximum Gasteiger partial charge on any atom is 0.227 e. The zero-order valence-corrected chi connectivity index (χ0v) is 5.83. The number of amides is 1. The summed E-state index contributed by atoms with van der Waals surface area (Å²) in [4.78, 5) is 13.9. The molecule has 0 aromatic carbocycles. The minimum atomic E-state index is 0.465. The van der Waals surface area contributed by atoms with Gasteiger partial charge in [0.25, 0.3) is 0 Å². The lowest BCUT2D eigenvalue weighted by molar-refractivity contribution is -0.105. The molecule has 0 saturated heterocycles. The summed E-state index contributed by atoms with van der Waals surface area (Å²) in [7, 11) is 1.71. The average molecular weight is 140 g/mol. The van der Waals surface area contributed by atoms with Crippen molar-refractivity contribution < 1.29 is 4.79 Å². The Balaban J connectivity index is 2.91. The van der Waals surface area contributed by atoms with E-state index >= 15 is 0 Å². The van der Waals surface area contributed by atoms with Gasteiger partial charge >= 0.3 is 0 Å². The quantitative estimate of drug-likeness (QED) is 0.573. The molecule has 1 aromatic heterocycles. The molecule has 0 aliphatic carbocycles. The van der Waals surface area contributed by atoms with Gasteiger partial charge in [0.05, 0.1) is 0 Å². The highest BCUT2D eigenvalue weighted by Gasteiger charge is 1.99. The van der Waals surface area contributed by atoms with Crippen molar-refractivity contribution in [3.05, 3.63) is 5.82 Å². The molecule has 0 fully saturated rings. The number of aromatic nitrogens is 3. The van der Waals surface area contributed by atoms with E-state index in [0.29, 0.717) is 18.2 Å². The molecular formula is C5H8N4O. The Labute approximate surface area is 58.1 Å². The first-order valence-electron chi connectivity index (χ1n) is 2.82. The van der Waals surface area contributed by atoms with Crippen LogP contribution in [0.1, 0.15) is 5.82 Å². The van der Waals surface area contributed by atoms with Crippen molar-refractivity contribution in [3.63, 3.8) is 0 Å². The lowest BCUT2D eigenvalue weighted by Crippen LogP contribution is -2.02. The number of carbonyl (C=O) groups excluding carboxylic acids is 1. The first kappa shape index (κ1) is 6.73. The van der Waals surface area contributed by atoms with Gasteiger partial charge in [-0.15, -0.1) is 0 Å². The molecule has 0 spiro atoms. The lowest BCUT2D eigenvalue weighted by atomic mass is 10.7. The number of hydrogen-bond acceptors (Lipinski definition) is 3. The molecule has 0 radical (unpaired) electrons. The highest BCUT2D eigenvalue weighted by molar-refractivity contribution is 5.66. The van der Waals surface area contributed by atoms with E-state index in [2.05, 4.69) is 15.4 Å². The van der Waals surface area contributed by atoms with Crippen LogP contribution in [0.2, 0.25) is 0 Å². The van der Waals surface area contributed by atoms with Crippen LogP contribution < -0.4 is 5.32 Å². The van der Waals surface area contributed by atoms with Crippen molar-refractivity contribution >= 4 is 12.4 Å². The molecule has 1 heterocycles. The molecule has 5 nitrogen and oxygen atoms in total. The van der Waals surface area contributed by atoms with Crippen molar-refractivity contribution in [2.24, 2.45) is 7.05 Å². The fourth-order valence-corrected chi connectivity index (χ4v) is 0.691. The zero-order valence-electron chi connectivity index (χ0n) is 5.83. The SMILES string of the molecule is Cc1nc(NC=O)n(C)n1. The zero-order chi connectivity index (χ0) is 7.56. The van der Waals surface area contributed by atoms with Crippen molar-refractivity contribution in [3.8, 4) is 0 Å². The summed E-state index contributed by atoms with van der Waals surface area (Å²) >= 11 is 0. The molecule has 1 aromatic rings. The molecule has 0 aliphatic rings. The van der Waals surface area contributed by atoms with Crippen LogP contribution in [-0.2, 0) is 11.8 Å². The molecule has 1 N–H and O–H groups in total. The predicted molar refractivity (Wildman–Crippen MR) is 35.4 cm³/mol. The van der Waals surface area contributed by atoms with Crippen molar-refractivity contribution in [2.75, 3.05) is 5.32 Å². The second-order valence-electron chi connectivity index (χ2n) is 1.87. The second kappa shape index (κ2) is 2.47. The third-order valence-electron chi connectivity index (χ3n) is 1.06. The number of rotatable bonds is 2. The Morgan fingerprint density at radius 3 is 2.80 bits per heavy atom. The normalized spacial score (nSPS) is 9.40. The van der Waals surface area contributed by atoms with E-state index < -0.39 is 0 Å². The van der Waals surface area contributed by atoms with E-state index in [1.165, 1.54) is 4.68 Å². The summed E-state index contributed by atoms with van der Waals surface area (Å²) < 4.78 is 1.50. The van der Waals surface area contributed by atoms with E-state index in [0.717, 1.165) is 0 Å². The summed E-state index contributed by atoms with van der Waals surface area (Å²) in [6.07, 6.45) is 0.573. The van der Waals surface area contributed by atoms with Crippen LogP contribution in [0.4, 0.5) is 5.95 Å². The van der Waals surface area contributed by atoms with Gasteiger partial charge in [-0.25, -0.2) is 4.68 Å². The van der Waals surface area contributed by atoms with Gasteiger partial charge in [0.2, 0.25) is 12.4 Å². The van der Waals surface area contributed by atoms with Crippen LogP contribution in [-0.4, -0.2) is 21.2 Å². The molecule has 0 atom stereocenters. The number of carbonyl (C=O) groups is 1. The van der Waals surface area contributed by atoms with Gasteiger partial charge in [-0.3, -0.25) is 10.1 Å². The summed E-state index contributed by atoms with van der Waals surface area (Å²) in [5, 5.41) is 6.32. The smallest absolute Gasteiger partial charge is 0.227 e. The molecule has 5 heteroatoms. The Kier molecular flexibility index (Phi) is 1.66. The molecule has 1 amide bonds. The van der Waals surface area contributed by atoms with Gasteiger partial charge in [-0.05, 0) is 6.92 Å². The Morgan fingerprint density at radius 1 is 1.70 bits per heavy atom. The molecule has 0 unspecified atom stereocenters. The first-order chi connectivity index (χ1) is 4.74. The monoisotopic (exact) mass is 140 g/mol. The topological polar surface area (TPSA) is 59.8 Å². The number of aryl methyl sites for hydroxylation is 2. The van der Waals surface area contributed by atoms with Gasteiger partial charge in [-0.2, -0.15) is 10.1 Å². The number of nitrogens with one attached hydrogen (secondary N) is 1. The molecule has 1 rings (SSSR count). The van der Waals surface area contributed by atoms with Crippen molar-refractivity contribution in [1.82, 2.24) is 14.8 Å².